The van der Waals surface area contributed by atoms with E-state index in [1.807, 2.05) is 13.2 Å². The molecule has 0 bridgehead atoms. The number of amides is 1. The van der Waals surface area contributed by atoms with Crippen molar-refractivity contribution in [1.82, 2.24) is 15.1 Å². The van der Waals surface area contributed by atoms with Gasteiger partial charge in [0.25, 0.3) is 0 Å². The van der Waals surface area contributed by atoms with Crippen LogP contribution in [0.15, 0.2) is 12.4 Å². The maximum absolute atomic E-state index is 12.1. The molecule has 1 saturated heterocycles. The van der Waals surface area contributed by atoms with E-state index in [-0.39, 0.29) is 11.2 Å². The van der Waals surface area contributed by atoms with E-state index < -0.39 is 0 Å². The lowest BCUT2D eigenvalue weighted by Crippen LogP contribution is -2.35. The summed E-state index contributed by atoms with van der Waals surface area (Å²) in [6, 6.07) is 0. The minimum atomic E-state index is 0.172. The highest BCUT2D eigenvalue weighted by molar-refractivity contribution is 8.00. The molecule has 0 spiro atoms. The van der Waals surface area contributed by atoms with E-state index in [2.05, 4.69) is 10.2 Å². The van der Waals surface area contributed by atoms with Crippen molar-refractivity contribution in [3.05, 3.63) is 18.0 Å². The number of aromatic nitrogens is 2. The predicted molar refractivity (Wildman–Crippen MR) is 65.2 cm³/mol. The molecular weight excluding hydrogens is 222 g/mol. The van der Waals surface area contributed by atoms with Crippen LogP contribution in [0.4, 0.5) is 0 Å². The first-order valence-electron chi connectivity index (χ1n) is 5.61. The zero-order valence-corrected chi connectivity index (χ0v) is 10.3. The van der Waals surface area contributed by atoms with Gasteiger partial charge in [0, 0.05) is 25.4 Å². The Bertz CT molecular complexity index is 333. The van der Waals surface area contributed by atoms with Crippen molar-refractivity contribution in [3.8, 4) is 0 Å². The molecule has 1 atom stereocenters. The van der Waals surface area contributed by atoms with Crippen molar-refractivity contribution < 1.29 is 4.79 Å². The van der Waals surface area contributed by atoms with Crippen LogP contribution in [-0.2, 0) is 11.3 Å². The third kappa shape index (κ3) is 2.78. The number of nitrogens with one attached hydrogen (secondary N) is 1. The predicted octanol–water partition coefficient (Wildman–Crippen LogP) is 1.65. The van der Waals surface area contributed by atoms with Crippen molar-refractivity contribution in [2.24, 2.45) is 0 Å². The molecule has 0 aromatic carbocycles. The number of hydrogen-bond donors (Lipinski definition) is 1. The van der Waals surface area contributed by atoms with Crippen LogP contribution in [0.5, 0.6) is 0 Å². The van der Waals surface area contributed by atoms with E-state index >= 15 is 0 Å². The molecule has 88 valence electrons. The Morgan fingerprint density at radius 3 is 3.19 bits per heavy atom. The Kier molecular flexibility index (Phi) is 3.88. The minimum absolute atomic E-state index is 0.172. The van der Waals surface area contributed by atoms with Crippen LogP contribution in [0, 0.1) is 0 Å². The fourth-order valence-corrected chi connectivity index (χ4v) is 3.21. The van der Waals surface area contributed by atoms with Gasteiger partial charge in [0.15, 0.2) is 0 Å². The molecule has 5 heteroatoms. The van der Waals surface area contributed by atoms with Gasteiger partial charge in [0.05, 0.1) is 11.4 Å². The molecule has 16 heavy (non-hydrogen) atoms. The summed E-state index contributed by atoms with van der Waals surface area (Å²) in [5.74, 6) is 1.38. The van der Waals surface area contributed by atoms with Crippen LogP contribution in [0.2, 0.25) is 0 Å². The number of carbonyl (C=O) groups is 1. The molecule has 2 heterocycles. The van der Waals surface area contributed by atoms with Gasteiger partial charge in [-0.25, -0.2) is 0 Å². The van der Waals surface area contributed by atoms with E-state index in [0.29, 0.717) is 6.54 Å². The minimum Gasteiger partial charge on any atom is -0.340 e. The summed E-state index contributed by atoms with van der Waals surface area (Å²) in [6.07, 6.45) is 7.05. The van der Waals surface area contributed by atoms with Crippen LogP contribution >= 0.6 is 11.8 Å². The number of aromatic amines is 1. The van der Waals surface area contributed by atoms with Gasteiger partial charge in [-0.3, -0.25) is 9.89 Å². The van der Waals surface area contributed by atoms with Gasteiger partial charge < -0.3 is 4.90 Å². The second-order valence-electron chi connectivity index (χ2n) is 4.16. The van der Waals surface area contributed by atoms with E-state index in [4.69, 9.17) is 0 Å². The summed E-state index contributed by atoms with van der Waals surface area (Å²) in [4.78, 5) is 13.9. The van der Waals surface area contributed by atoms with Gasteiger partial charge in [0.1, 0.15) is 0 Å². The maximum Gasteiger partial charge on any atom is 0.235 e. The normalized spacial score (nSPS) is 20.7. The molecule has 2 rings (SSSR count). The molecule has 1 aliphatic rings. The van der Waals surface area contributed by atoms with Gasteiger partial charge in [-0.1, -0.05) is 6.42 Å². The van der Waals surface area contributed by atoms with Gasteiger partial charge in [-0.05, 0) is 18.6 Å². The first kappa shape index (κ1) is 11.5. The fourth-order valence-electron chi connectivity index (χ4n) is 1.90. The monoisotopic (exact) mass is 239 g/mol. The Labute approximate surface area is 99.8 Å². The molecule has 1 aliphatic heterocycles. The van der Waals surface area contributed by atoms with Crippen molar-refractivity contribution in [2.75, 3.05) is 12.8 Å². The van der Waals surface area contributed by atoms with Crippen LogP contribution in [0.1, 0.15) is 24.8 Å². The summed E-state index contributed by atoms with van der Waals surface area (Å²) in [5.41, 5.74) is 1.05. The lowest BCUT2D eigenvalue weighted by Gasteiger charge is -2.25. The van der Waals surface area contributed by atoms with Gasteiger partial charge in [-0.2, -0.15) is 5.10 Å². The number of nitrogens with zero attached hydrogens (tertiary/aromatic N) is 2. The van der Waals surface area contributed by atoms with E-state index in [1.165, 1.54) is 12.8 Å². The van der Waals surface area contributed by atoms with Crippen LogP contribution in [0.3, 0.4) is 0 Å². The van der Waals surface area contributed by atoms with Gasteiger partial charge in [-0.15, -0.1) is 11.8 Å². The molecule has 1 amide bonds. The number of H-pyrrole nitrogens is 1. The molecular formula is C11H17N3OS. The average molecular weight is 239 g/mol. The summed E-state index contributed by atoms with van der Waals surface area (Å²) in [7, 11) is 1.87. The molecule has 1 aromatic heterocycles. The highest BCUT2D eigenvalue weighted by Crippen LogP contribution is 2.26. The molecule has 4 nitrogen and oxygen atoms in total. The molecule has 0 radical (unpaired) electrons. The third-order valence-corrected chi connectivity index (χ3v) is 4.17. The highest BCUT2D eigenvalue weighted by Gasteiger charge is 2.24. The second-order valence-corrected chi connectivity index (χ2v) is 5.47. The summed E-state index contributed by atoms with van der Waals surface area (Å²) < 4.78 is 0. The zero-order chi connectivity index (χ0) is 11.4. The first-order valence-corrected chi connectivity index (χ1v) is 6.66. The van der Waals surface area contributed by atoms with Crippen molar-refractivity contribution >= 4 is 17.7 Å². The Hall–Kier alpha value is -0.970. The standard InChI is InChI=1S/C11H17N3OS/c1-14(8-9-6-12-13-7-9)11(15)10-4-2-3-5-16-10/h6-7,10H,2-5,8H2,1H3,(H,12,13). The number of thioether (sulfide) groups is 1. The van der Waals surface area contributed by atoms with Crippen LogP contribution < -0.4 is 0 Å². The Morgan fingerprint density at radius 2 is 2.56 bits per heavy atom. The van der Waals surface area contributed by atoms with Crippen molar-refractivity contribution in [2.45, 2.75) is 31.1 Å². The topological polar surface area (TPSA) is 49.0 Å². The largest absolute Gasteiger partial charge is 0.340 e. The second kappa shape index (κ2) is 5.39. The van der Waals surface area contributed by atoms with Gasteiger partial charge >= 0.3 is 0 Å². The number of carbonyl (C=O) groups excluding carboxylic acids is 1. The van der Waals surface area contributed by atoms with Crippen LogP contribution in [-0.4, -0.2) is 39.1 Å². The molecule has 1 N–H and O–H groups in total. The summed E-state index contributed by atoms with van der Waals surface area (Å²) in [6.45, 7) is 0.645. The highest BCUT2D eigenvalue weighted by atomic mass is 32.2. The molecule has 1 fully saturated rings. The van der Waals surface area contributed by atoms with Crippen LogP contribution in [0.25, 0.3) is 0 Å². The third-order valence-electron chi connectivity index (χ3n) is 2.81. The SMILES string of the molecule is CN(Cc1cn[nH]c1)C(=O)C1CCCCS1. The lowest BCUT2D eigenvalue weighted by atomic mass is 10.1. The lowest BCUT2D eigenvalue weighted by molar-refractivity contribution is -0.130. The zero-order valence-electron chi connectivity index (χ0n) is 9.48. The van der Waals surface area contributed by atoms with E-state index in [0.717, 1.165) is 17.7 Å². The Morgan fingerprint density at radius 1 is 1.69 bits per heavy atom. The maximum atomic E-state index is 12.1. The summed E-state index contributed by atoms with van der Waals surface area (Å²) in [5, 5.41) is 6.81. The van der Waals surface area contributed by atoms with E-state index in [9.17, 15) is 4.79 Å². The molecule has 1 aromatic rings. The van der Waals surface area contributed by atoms with Crippen molar-refractivity contribution in [3.63, 3.8) is 0 Å². The smallest absolute Gasteiger partial charge is 0.235 e. The number of hydrogen-bond acceptors (Lipinski definition) is 3. The van der Waals surface area contributed by atoms with E-state index in [1.54, 1.807) is 22.9 Å². The molecule has 1 unspecified atom stereocenters. The fraction of sp³-hybridized carbons (Fsp3) is 0.636. The van der Waals surface area contributed by atoms with Gasteiger partial charge in [0.2, 0.25) is 5.91 Å². The van der Waals surface area contributed by atoms with Crippen molar-refractivity contribution in [1.29, 1.82) is 0 Å². The quantitative estimate of drug-likeness (QED) is 0.872. The molecule has 0 aliphatic carbocycles. The first-order chi connectivity index (χ1) is 7.77. The summed E-state index contributed by atoms with van der Waals surface area (Å²) >= 11 is 1.80. The average Bonchev–Trinajstić information content (AvgIpc) is 2.82. The Balaban J connectivity index is 1.88. The number of rotatable bonds is 3. The molecule has 0 saturated carbocycles.